The van der Waals surface area contributed by atoms with Crippen LogP contribution in [-0.4, -0.2) is 38.4 Å². The maximum absolute atomic E-state index is 12.7. The van der Waals surface area contributed by atoms with E-state index in [4.69, 9.17) is 9.97 Å². The van der Waals surface area contributed by atoms with E-state index < -0.39 is 0 Å². The number of aromatic nitrogens is 3. The van der Waals surface area contributed by atoms with E-state index in [1.165, 1.54) is 0 Å². The number of likely N-dealkylation sites (tertiary alicyclic amines) is 1. The maximum atomic E-state index is 12.7. The lowest BCUT2D eigenvalue weighted by Gasteiger charge is -2.33. The summed E-state index contributed by atoms with van der Waals surface area (Å²) in [4.78, 5) is 24.6. The summed E-state index contributed by atoms with van der Waals surface area (Å²) in [5.41, 5.74) is 5.24. The van der Waals surface area contributed by atoms with Crippen molar-refractivity contribution in [3.63, 3.8) is 0 Å². The molecule has 1 saturated carbocycles. The molecule has 0 spiro atoms. The van der Waals surface area contributed by atoms with E-state index in [1.54, 1.807) is 0 Å². The molecule has 0 unspecified atom stereocenters. The minimum absolute atomic E-state index is 0.0752. The Morgan fingerprint density at radius 1 is 1.13 bits per heavy atom. The van der Waals surface area contributed by atoms with E-state index in [0.717, 1.165) is 66.8 Å². The van der Waals surface area contributed by atoms with Crippen LogP contribution in [0.4, 0.5) is 0 Å². The van der Waals surface area contributed by atoms with Gasteiger partial charge in [0.1, 0.15) is 5.52 Å². The summed E-state index contributed by atoms with van der Waals surface area (Å²) < 4.78 is 2.24. The Labute approximate surface area is 178 Å². The largest absolute Gasteiger partial charge is 0.342 e. The lowest BCUT2D eigenvalue weighted by atomic mass is 9.91. The molecule has 2 aliphatic rings. The number of piperidine rings is 1. The van der Waals surface area contributed by atoms with Crippen LogP contribution in [0.15, 0.2) is 42.7 Å². The fraction of sp³-hybridized carbons (Fsp3) is 0.480. The standard InChI is InChI=1S/C25H30N4O/c1-17(2)29-16-26-23-21(29)15-20(27-22(23)19-7-5-4-6-8-19)18-9-13-28(14-10-18)24(30)25(3)11-12-25/h4-8,15-18H,9-14H2,1-3H3. The van der Waals surface area contributed by atoms with Gasteiger partial charge in [-0.25, -0.2) is 4.98 Å². The molecule has 3 aromatic rings. The molecule has 0 bridgehead atoms. The first-order valence-electron chi connectivity index (χ1n) is 11.2. The Morgan fingerprint density at radius 2 is 1.83 bits per heavy atom. The zero-order chi connectivity index (χ0) is 20.9. The smallest absolute Gasteiger partial charge is 0.228 e. The molecule has 3 heterocycles. The highest BCUT2D eigenvalue weighted by molar-refractivity contribution is 5.90. The SMILES string of the molecule is CC(C)n1cnc2c(-c3ccccc3)nc(C3CCN(C(=O)C4(C)CC4)CC3)cc21. The number of imidazole rings is 1. The summed E-state index contributed by atoms with van der Waals surface area (Å²) in [5, 5.41) is 0. The number of carbonyl (C=O) groups excluding carboxylic acids is 1. The predicted molar refractivity (Wildman–Crippen MR) is 119 cm³/mol. The van der Waals surface area contributed by atoms with Gasteiger partial charge in [-0.1, -0.05) is 37.3 Å². The third-order valence-electron chi connectivity index (χ3n) is 6.90. The topological polar surface area (TPSA) is 51.0 Å². The quantitative estimate of drug-likeness (QED) is 0.604. The van der Waals surface area contributed by atoms with Crippen molar-refractivity contribution in [2.24, 2.45) is 5.41 Å². The van der Waals surface area contributed by atoms with E-state index in [0.29, 0.717) is 17.9 Å². The molecule has 5 heteroatoms. The van der Waals surface area contributed by atoms with Crippen LogP contribution >= 0.6 is 0 Å². The van der Waals surface area contributed by atoms with Crippen LogP contribution in [0.25, 0.3) is 22.3 Å². The minimum atomic E-state index is -0.0752. The average molecular weight is 403 g/mol. The predicted octanol–water partition coefficient (Wildman–Crippen LogP) is 5.19. The molecule has 0 N–H and O–H groups in total. The van der Waals surface area contributed by atoms with Gasteiger partial charge in [-0.15, -0.1) is 0 Å². The number of rotatable bonds is 4. The Morgan fingerprint density at radius 3 is 2.47 bits per heavy atom. The fourth-order valence-corrected chi connectivity index (χ4v) is 4.63. The summed E-state index contributed by atoms with van der Waals surface area (Å²) >= 11 is 0. The molecular formula is C25H30N4O. The molecular weight excluding hydrogens is 372 g/mol. The van der Waals surface area contributed by atoms with Gasteiger partial charge >= 0.3 is 0 Å². The third kappa shape index (κ3) is 3.30. The summed E-state index contributed by atoms with van der Waals surface area (Å²) in [6.07, 6.45) is 5.98. The van der Waals surface area contributed by atoms with Crippen molar-refractivity contribution in [3.8, 4) is 11.3 Å². The first-order valence-corrected chi connectivity index (χ1v) is 11.2. The zero-order valence-electron chi connectivity index (χ0n) is 18.1. The second-order valence-corrected chi connectivity index (χ2v) is 9.50. The van der Waals surface area contributed by atoms with Gasteiger partial charge in [0, 0.05) is 41.7 Å². The molecule has 1 amide bonds. The first-order chi connectivity index (χ1) is 14.5. The van der Waals surface area contributed by atoms with Gasteiger partial charge in [-0.2, -0.15) is 0 Å². The normalized spacial score (nSPS) is 18.9. The molecule has 1 saturated heterocycles. The van der Waals surface area contributed by atoms with E-state index in [-0.39, 0.29) is 5.41 Å². The molecule has 30 heavy (non-hydrogen) atoms. The van der Waals surface area contributed by atoms with Crippen molar-refractivity contribution < 1.29 is 4.79 Å². The molecule has 1 aliphatic heterocycles. The third-order valence-corrected chi connectivity index (χ3v) is 6.90. The highest BCUT2D eigenvalue weighted by Crippen LogP contribution is 2.47. The zero-order valence-corrected chi connectivity index (χ0v) is 18.1. The maximum Gasteiger partial charge on any atom is 0.228 e. The molecule has 2 fully saturated rings. The molecule has 5 rings (SSSR count). The highest BCUT2D eigenvalue weighted by atomic mass is 16.2. The van der Waals surface area contributed by atoms with Crippen LogP contribution in [0.2, 0.25) is 0 Å². The van der Waals surface area contributed by atoms with E-state index in [9.17, 15) is 4.79 Å². The number of hydrogen-bond donors (Lipinski definition) is 0. The number of hydrogen-bond acceptors (Lipinski definition) is 3. The van der Waals surface area contributed by atoms with Crippen LogP contribution in [0, 0.1) is 5.41 Å². The van der Waals surface area contributed by atoms with E-state index in [1.807, 2.05) is 12.4 Å². The second kappa shape index (κ2) is 7.22. The summed E-state index contributed by atoms with van der Waals surface area (Å²) in [6, 6.07) is 12.9. The van der Waals surface area contributed by atoms with Crippen molar-refractivity contribution >= 4 is 16.9 Å². The molecule has 1 aliphatic carbocycles. The summed E-state index contributed by atoms with van der Waals surface area (Å²) in [5.74, 6) is 0.732. The Balaban J connectivity index is 1.49. The first kappa shape index (κ1) is 19.3. The van der Waals surface area contributed by atoms with Crippen LogP contribution in [0.1, 0.15) is 64.1 Å². The van der Waals surface area contributed by atoms with Gasteiger partial charge in [-0.05, 0) is 45.6 Å². The Hall–Kier alpha value is -2.69. The second-order valence-electron chi connectivity index (χ2n) is 9.50. The average Bonchev–Trinajstić information content (AvgIpc) is 3.37. The van der Waals surface area contributed by atoms with Gasteiger partial charge in [-0.3, -0.25) is 9.78 Å². The van der Waals surface area contributed by atoms with Crippen molar-refractivity contribution in [1.29, 1.82) is 0 Å². The van der Waals surface area contributed by atoms with Crippen LogP contribution < -0.4 is 0 Å². The van der Waals surface area contributed by atoms with Gasteiger partial charge in [0.15, 0.2) is 0 Å². The lowest BCUT2D eigenvalue weighted by Crippen LogP contribution is -2.41. The monoisotopic (exact) mass is 402 g/mol. The van der Waals surface area contributed by atoms with Gasteiger partial charge in [0.05, 0.1) is 17.5 Å². The molecule has 156 valence electrons. The number of carbonyl (C=O) groups is 1. The Bertz CT molecular complexity index is 1070. The van der Waals surface area contributed by atoms with Crippen molar-refractivity contribution in [2.45, 2.75) is 58.4 Å². The molecule has 0 atom stereocenters. The van der Waals surface area contributed by atoms with Crippen LogP contribution in [0.5, 0.6) is 0 Å². The van der Waals surface area contributed by atoms with Crippen molar-refractivity contribution in [2.75, 3.05) is 13.1 Å². The van der Waals surface area contributed by atoms with Crippen molar-refractivity contribution in [1.82, 2.24) is 19.4 Å². The minimum Gasteiger partial charge on any atom is -0.342 e. The molecule has 0 radical (unpaired) electrons. The highest BCUT2D eigenvalue weighted by Gasteiger charge is 2.47. The molecule has 2 aromatic heterocycles. The number of benzene rings is 1. The number of pyridine rings is 1. The van der Waals surface area contributed by atoms with Gasteiger partial charge < -0.3 is 9.47 Å². The lowest BCUT2D eigenvalue weighted by molar-refractivity contribution is -0.137. The number of nitrogens with zero attached hydrogens (tertiary/aromatic N) is 4. The van der Waals surface area contributed by atoms with Gasteiger partial charge in [0.2, 0.25) is 5.91 Å². The van der Waals surface area contributed by atoms with Crippen LogP contribution in [0.3, 0.4) is 0 Å². The number of fused-ring (bicyclic) bond motifs is 1. The fourth-order valence-electron chi connectivity index (χ4n) is 4.63. The van der Waals surface area contributed by atoms with E-state index in [2.05, 4.69) is 60.6 Å². The van der Waals surface area contributed by atoms with Crippen LogP contribution in [-0.2, 0) is 4.79 Å². The molecule has 5 nitrogen and oxygen atoms in total. The van der Waals surface area contributed by atoms with Gasteiger partial charge in [0.25, 0.3) is 0 Å². The summed E-state index contributed by atoms with van der Waals surface area (Å²) in [7, 11) is 0. The molecule has 1 aromatic carbocycles. The Kier molecular flexibility index (Phi) is 4.64. The van der Waals surface area contributed by atoms with Crippen molar-refractivity contribution in [3.05, 3.63) is 48.4 Å². The van der Waals surface area contributed by atoms with E-state index >= 15 is 0 Å². The number of amides is 1. The summed E-state index contributed by atoms with van der Waals surface area (Å²) in [6.45, 7) is 8.15.